The lowest BCUT2D eigenvalue weighted by molar-refractivity contribution is -0.124. The van der Waals surface area contributed by atoms with E-state index in [1.807, 2.05) is 60.7 Å². The first-order valence-electron chi connectivity index (χ1n) is 11.4. The predicted molar refractivity (Wildman–Crippen MR) is 132 cm³/mol. The van der Waals surface area contributed by atoms with Crippen molar-refractivity contribution in [3.63, 3.8) is 0 Å². The lowest BCUT2D eigenvalue weighted by atomic mass is 10.0. The number of rotatable bonds is 6. The third-order valence-electron chi connectivity index (χ3n) is 5.46. The standard InChI is InChI=1S/C28H28N2O5/c1-28(2,3)35-27(33)29-22-18-30(25(22)31)23-17-11-10-16-21(23)26(32)34-24(19-12-6-4-7-13-19)20-14-8-5-9-15-20/h4-17,22,24H,18H2,1-3H3,(H,29,33). The van der Waals surface area contributed by atoms with Gasteiger partial charge in [0.1, 0.15) is 11.6 Å². The molecule has 35 heavy (non-hydrogen) atoms. The number of hydrogen-bond acceptors (Lipinski definition) is 5. The summed E-state index contributed by atoms with van der Waals surface area (Å²) in [5.41, 5.74) is 1.72. The van der Waals surface area contributed by atoms with Crippen LogP contribution in [0.25, 0.3) is 0 Å². The van der Waals surface area contributed by atoms with E-state index in [2.05, 4.69) is 5.32 Å². The Hall–Kier alpha value is -4.13. The molecule has 1 atom stereocenters. The second-order valence-electron chi connectivity index (χ2n) is 9.27. The van der Waals surface area contributed by atoms with Crippen LogP contribution < -0.4 is 10.2 Å². The molecular formula is C28H28N2O5. The van der Waals surface area contributed by atoms with Crippen LogP contribution in [0, 0.1) is 0 Å². The molecule has 1 fully saturated rings. The van der Waals surface area contributed by atoms with E-state index in [0.717, 1.165) is 11.1 Å². The number of alkyl carbamates (subject to hydrolysis) is 1. The summed E-state index contributed by atoms with van der Waals surface area (Å²) >= 11 is 0. The van der Waals surface area contributed by atoms with E-state index in [0.29, 0.717) is 5.69 Å². The number of para-hydroxylation sites is 1. The largest absolute Gasteiger partial charge is 0.449 e. The maximum Gasteiger partial charge on any atom is 0.408 e. The van der Waals surface area contributed by atoms with Crippen LogP contribution in [0.4, 0.5) is 10.5 Å². The third kappa shape index (κ3) is 5.69. The van der Waals surface area contributed by atoms with Crippen molar-refractivity contribution in [1.82, 2.24) is 5.32 Å². The molecule has 0 bridgehead atoms. The summed E-state index contributed by atoms with van der Waals surface area (Å²) in [6.07, 6.45) is -1.26. The Balaban J connectivity index is 1.51. The normalized spacial score (nSPS) is 15.4. The van der Waals surface area contributed by atoms with Gasteiger partial charge < -0.3 is 19.7 Å². The van der Waals surface area contributed by atoms with Gasteiger partial charge in [0.05, 0.1) is 17.8 Å². The number of anilines is 1. The number of benzene rings is 3. The van der Waals surface area contributed by atoms with Crippen LogP contribution in [0.1, 0.15) is 48.4 Å². The first-order valence-corrected chi connectivity index (χ1v) is 11.4. The number of carbonyl (C=O) groups excluding carboxylic acids is 3. The van der Waals surface area contributed by atoms with Crippen LogP contribution in [-0.2, 0) is 14.3 Å². The van der Waals surface area contributed by atoms with Crippen molar-refractivity contribution in [2.45, 2.75) is 38.5 Å². The van der Waals surface area contributed by atoms with Gasteiger partial charge in [-0.1, -0.05) is 72.8 Å². The lowest BCUT2D eigenvalue weighted by Crippen LogP contribution is -2.64. The van der Waals surface area contributed by atoms with Crippen molar-refractivity contribution >= 4 is 23.7 Å². The molecule has 7 nitrogen and oxygen atoms in total. The van der Waals surface area contributed by atoms with Crippen LogP contribution in [0.3, 0.4) is 0 Å². The molecule has 1 aliphatic rings. The van der Waals surface area contributed by atoms with Crippen molar-refractivity contribution in [3.05, 3.63) is 102 Å². The molecule has 1 unspecified atom stereocenters. The molecule has 0 radical (unpaired) electrons. The fourth-order valence-corrected chi connectivity index (χ4v) is 3.84. The highest BCUT2D eigenvalue weighted by Gasteiger charge is 2.41. The molecule has 180 valence electrons. The highest BCUT2D eigenvalue weighted by atomic mass is 16.6. The Morgan fingerprint density at radius 3 is 1.97 bits per heavy atom. The average Bonchev–Trinajstić information content (AvgIpc) is 2.84. The van der Waals surface area contributed by atoms with Crippen LogP contribution >= 0.6 is 0 Å². The fraction of sp³-hybridized carbons (Fsp3) is 0.250. The van der Waals surface area contributed by atoms with E-state index in [9.17, 15) is 14.4 Å². The number of esters is 1. The summed E-state index contributed by atoms with van der Waals surface area (Å²) < 4.78 is 11.2. The minimum atomic E-state index is -0.713. The van der Waals surface area contributed by atoms with Crippen LogP contribution in [0.15, 0.2) is 84.9 Å². The summed E-state index contributed by atoms with van der Waals surface area (Å²) in [6.45, 7) is 5.48. The summed E-state index contributed by atoms with van der Waals surface area (Å²) in [5.74, 6) is -0.867. The SMILES string of the molecule is CC(C)(C)OC(=O)NC1CN(c2ccccc2C(=O)OC(c2ccccc2)c2ccccc2)C1=O. The van der Waals surface area contributed by atoms with E-state index in [1.165, 1.54) is 4.90 Å². The second-order valence-corrected chi connectivity index (χ2v) is 9.27. The topological polar surface area (TPSA) is 84.9 Å². The number of hydrogen-bond donors (Lipinski definition) is 1. The zero-order valence-electron chi connectivity index (χ0n) is 19.9. The van der Waals surface area contributed by atoms with Gasteiger partial charge in [0.2, 0.25) is 0 Å². The minimum absolute atomic E-state index is 0.225. The first kappa shape index (κ1) is 24.0. The smallest absolute Gasteiger partial charge is 0.408 e. The maximum atomic E-state index is 13.3. The Morgan fingerprint density at radius 2 is 1.43 bits per heavy atom. The molecule has 3 aromatic carbocycles. The van der Waals surface area contributed by atoms with Crippen LogP contribution in [-0.4, -0.2) is 36.2 Å². The molecule has 3 aromatic rings. The molecule has 7 heteroatoms. The van der Waals surface area contributed by atoms with Crippen molar-refractivity contribution in [2.24, 2.45) is 0 Å². The van der Waals surface area contributed by atoms with Crippen molar-refractivity contribution in [2.75, 3.05) is 11.4 Å². The number of β-lactam (4-membered cyclic amide) rings is 1. The van der Waals surface area contributed by atoms with Gasteiger partial charge in [0.25, 0.3) is 5.91 Å². The van der Waals surface area contributed by atoms with Crippen LogP contribution in [0.5, 0.6) is 0 Å². The summed E-state index contributed by atoms with van der Waals surface area (Å²) in [4.78, 5) is 39.6. The maximum absolute atomic E-state index is 13.3. The molecule has 0 saturated carbocycles. The summed E-state index contributed by atoms with van der Waals surface area (Å²) in [7, 11) is 0. The first-order chi connectivity index (χ1) is 16.7. The predicted octanol–water partition coefficient (Wildman–Crippen LogP) is 4.87. The Bertz CT molecular complexity index is 1170. The summed E-state index contributed by atoms with van der Waals surface area (Å²) in [5, 5.41) is 2.58. The van der Waals surface area contributed by atoms with Gasteiger partial charge in [-0.05, 0) is 44.0 Å². The Labute approximate surface area is 204 Å². The van der Waals surface area contributed by atoms with E-state index >= 15 is 0 Å². The molecule has 0 spiro atoms. The van der Waals surface area contributed by atoms with Crippen molar-refractivity contribution in [3.8, 4) is 0 Å². The lowest BCUT2D eigenvalue weighted by Gasteiger charge is -2.39. The molecule has 1 heterocycles. The molecule has 4 rings (SSSR count). The average molecular weight is 473 g/mol. The van der Waals surface area contributed by atoms with Gasteiger partial charge in [-0.2, -0.15) is 0 Å². The van der Waals surface area contributed by atoms with Crippen molar-refractivity contribution in [1.29, 1.82) is 0 Å². The second kappa shape index (κ2) is 10.0. The molecular weight excluding hydrogens is 444 g/mol. The fourth-order valence-electron chi connectivity index (χ4n) is 3.84. The summed E-state index contributed by atoms with van der Waals surface area (Å²) in [6, 6.07) is 25.1. The molecule has 2 amide bonds. The van der Waals surface area contributed by atoms with Crippen LogP contribution in [0.2, 0.25) is 0 Å². The van der Waals surface area contributed by atoms with E-state index in [-0.39, 0.29) is 18.0 Å². The van der Waals surface area contributed by atoms with E-state index in [4.69, 9.17) is 9.47 Å². The third-order valence-corrected chi connectivity index (χ3v) is 5.46. The van der Waals surface area contributed by atoms with Gasteiger partial charge in [0.15, 0.2) is 6.10 Å². The highest BCUT2D eigenvalue weighted by molar-refractivity contribution is 6.09. The molecule has 1 saturated heterocycles. The van der Waals surface area contributed by atoms with Gasteiger partial charge in [-0.15, -0.1) is 0 Å². The zero-order valence-corrected chi connectivity index (χ0v) is 19.9. The monoisotopic (exact) mass is 472 g/mol. The number of nitrogens with one attached hydrogen (secondary N) is 1. The number of nitrogens with zero attached hydrogens (tertiary/aromatic N) is 1. The van der Waals surface area contributed by atoms with Gasteiger partial charge in [-0.3, -0.25) is 4.79 Å². The van der Waals surface area contributed by atoms with Gasteiger partial charge in [0, 0.05) is 0 Å². The molecule has 0 aromatic heterocycles. The van der Waals surface area contributed by atoms with Crippen molar-refractivity contribution < 1.29 is 23.9 Å². The Kier molecular flexibility index (Phi) is 6.87. The quantitative estimate of drug-likeness (QED) is 0.409. The minimum Gasteiger partial charge on any atom is -0.449 e. The molecule has 1 aliphatic heterocycles. The molecule has 1 N–H and O–H groups in total. The zero-order chi connectivity index (χ0) is 25.0. The van der Waals surface area contributed by atoms with Gasteiger partial charge in [-0.25, -0.2) is 9.59 Å². The van der Waals surface area contributed by atoms with E-state index in [1.54, 1.807) is 45.0 Å². The van der Waals surface area contributed by atoms with Gasteiger partial charge >= 0.3 is 12.1 Å². The highest BCUT2D eigenvalue weighted by Crippen LogP contribution is 2.31. The number of carbonyl (C=O) groups is 3. The number of amides is 2. The number of ether oxygens (including phenoxy) is 2. The molecule has 0 aliphatic carbocycles. The Morgan fingerprint density at radius 1 is 0.886 bits per heavy atom. The van der Waals surface area contributed by atoms with E-state index < -0.39 is 29.8 Å².